The lowest BCUT2D eigenvalue weighted by Gasteiger charge is -2.34. The molecular formula is C19H23N3O3. The number of aromatic nitrogens is 1. The maximum absolute atomic E-state index is 12.8. The monoisotopic (exact) mass is 341 g/mol. The average molecular weight is 341 g/mol. The van der Waals surface area contributed by atoms with Gasteiger partial charge in [-0.2, -0.15) is 0 Å². The Morgan fingerprint density at radius 3 is 2.64 bits per heavy atom. The van der Waals surface area contributed by atoms with E-state index in [-0.39, 0.29) is 6.03 Å². The van der Waals surface area contributed by atoms with Crippen LogP contribution >= 0.6 is 0 Å². The SMILES string of the molecule is CC(C)(C)[C@@H](C(=O)O)N1CCN(Cc2ccnc3ccccc23)C1=O. The number of carboxylic acid groups (broad SMARTS) is 1. The number of nitrogens with zero attached hydrogens (tertiary/aromatic N) is 3. The van der Waals surface area contributed by atoms with Gasteiger partial charge >= 0.3 is 12.0 Å². The lowest BCUT2D eigenvalue weighted by atomic mass is 9.86. The first-order chi connectivity index (χ1) is 11.8. The van der Waals surface area contributed by atoms with Crippen LogP contribution in [0.15, 0.2) is 36.5 Å². The molecule has 0 spiro atoms. The van der Waals surface area contributed by atoms with Crippen molar-refractivity contribution in [3.63, 3.8) is 0 Å². The molecule has 0 bridgehead atoms. The second-order valence-corrected chi connectivity index (χ2v) is 7.49. The van der Waals surface area contributed by atoms with Crippen molar-refractivity contribution in [1.29, 1.82) is 0 Å². The molecule has 1 N–H and O–H groups in total. The smallest absolute Gasteiger partial charge is 0.327 e. The molecule has 132 valence electrons. The summed E-state index contributed by atoms with van der Waals surface area (Å²) in [4.78, 5) is 32.0. The van der Waals surface area contributed by atoms with E-state index in [9.17, 15) is 14.7 Å². The quantitative estimate of drug-likeness (QED) is 0.928. The Bertz CT molecular complexity index is 808. The highest BCUT2D eigenvalue weighted by Crippen LogP contribution is 2.29. The van der Waals surface area contributed by atoms with Crippen LogP contribution in [0.3, 0.4) is 0 Å². The third kappa shape index (κ3) is 3.29. The molecule has 0 aliphatic carbocycles. The third-order valence-corrected chi connectivity index (χ3v) is 4.59. The summed E-state index contributed by atoms with van der Waals surface area (Å²) in [6, 6.07) is 8.68. The zero-order valence-corrected chi connectivity index (χ0v) is 14.8. The van der Waals surface area contributed by atoms with Gasteiger partial charge in [-0.05, 0) is 23.1 Å². The number of fused-ring (bicyclic) bond motifs is 1. The lowest BCUT2D eigenvalue weighted by molar-refractivity contribution is -0.145. The highest BCUT2D eigenvalue weighted by atomic mass is 16.4. The largest absolute Gasteiger partial charge is 0.480 e. The number of hydrogen-bond donors (Lipinski definition) is 1. The summed E-state index contributed by atoms with van der Waals surface area (Å²) >= 11 is 0. The van der Waals surface area contributed by atoms with Crippen LogP contribution in [-0.4, -0.2) is 51.0 Å². The highest BCUT2D eigenvalue weighted by Gasteiger charge is 2.43. The molecule has 0 saturated carbocycles. The van der Waals surface area contributed by atoms with Gasteiger partial charge in [0, 0.05) is 31.2 Å². The molecule has 0 radical (unpaired) electrons. The zero-order chi connectivity index (χ0) is 18.2. The summed E-state index contributed by atoms with van der Waals surface area (Å²) < 4.78 is 0. The lowest BCUT2D eigenvalue weighted by Crippen LogP contribution is -2.50. The fraction of sp³-hybridized carbons (Fsp3) is 0.421. The summed E-state index contributed by atoms with van der Waals surface area (Å²) in [6.07, 6.45) is 1.74. The molecule has 6 nitrogen and oxygen atoms in total. The minimum atomic E-state index is -0.961. The molecule has 1 aromatic heterocycles. The van der Waals surface area contributed by atoms with Gasteiger partial charge in [0.15, 0.2) is 0 Å². The van der Waals surface area contributed by atoms with E-state index < -0.39 is 17.4 Å². The number of urea groups is 1. The van der Waals surface area contributed by atoms with Gasteiger partial charge in [0.25, 0.3) is 0 Å². The fourth-order valence-corrected chi connectivity index (χ4v) is 3.46. The zero-order valence-electron chi connectivity index (χ0n) is 14.8. The number of amides is 2. The molecule has 2 amide bonds. The van der Waals surface area contributed by atoms with Crippen LogP contribution in [0.2, 0.25) is 0 Å². The van der Waals surface area contributed by atoms with E-state index >= 15 is 0 Å². The maximum atomic E-state index is 12.8. The van der Waals surface area contributed by atoms with Gasteiger partial charge in [-0.1, -0.05) is 39.0 Å². The molecular weight excluding hydrogens is 318 g/mol. The number of carbonyl (C=O) groups is 2. The minimum Gasteiger partial charge on any atom is -0.480 e. The van der Waals surface area contributed by atoms with Crippen molar-refractivity contribution in [1.82, 2.24) is 14.8 Å². The molecule has 1 aliphatic heterocycles. The molecule has 3 rings (SSSR count). The van der Waals surface area contributed by atoms with E-state index in [1.54, 1.807) is 11.1 Å². The Kier molecular flexibility index (Phi) is 4.37. The van der Waals surface area contributed by atoms with Crippen molar-refractivity contribution in [3.8, 4) is 0 Å². The van der Waals surface area contributed by atoms with E-state index in [4.69, 9.17) is 0 Å². The van der Waals surface area contributed by atoms with Gasteiger partial charge in [0.05, 0.1) is 5.52 Å². The minimum absolute atomic E-state index is 0.219. The van der Waals surface area contributed by atoms with Crippen LogP contribution in [0.1, 0.15) is 26.3 Å². The standard InChI is InChI=1S/C19H23N3O3/c1-19(2,3)16(17(23)24)22-11-10-21(18(22)25)12-13-8-9-20-15-7-5-4-6-14(13)15/h4-9,16H,10-12H2,1-3H3,(H,23,24)/t16-/m1/s1. The van der Waals surface area contributed by atoms with Crippen LogP contribution in [0, 0.1) is 5.41 Å². The summed E-state index contributed by atoms with van der Waals surface area (Å²) in [7, 11) is 0. The number of rotatable bonds is 4. The number of benzene rings is 1. The number of carbonyl (C=O) groups excluding carboxylic acids is 1. The molecule has 1 fully saturated rings. The van der Waals surface area contributed by atoms with Crippen molar-refractivity contribution in [3.05, 3.63) is 42.1 Å². The molecule has 1 atom stereocenters. The van der Waals surface area contributed by atoms with Gasteiger partial charge in [-0.25, -0.2) is 9.59 Å². The molecule has 1 aromatic carbocycles. The second-order valence-electron chi connectivity index (χ2n) is 7.49. The Labute approximate surface area is 147 Å². The van der Waals surface area contributed by atoms with E-state index in [1.807, 2.05) is 51.1 Å². The van der Waals surface area contributed by atoms with Crippen molar-refractivity contribution in [2.45, 2.75) is 33.4 Å². The van der Waals surface area contributed by atoms with Crippen LogP contribution in [0.25, 0.3) is 10.9 Å². The predicted molar refractivity (Wildman–Crippen MR) is 95.1 cm³/mol. The highest BCUT2D eigenvalue weighted by molar-refractivity contribution is 5.86. The van der Waals surface area contributed by atoms with Gasteiger partial charge in [-0.15, -0.1) is 0 Å². The first-order valence-corrected chi connectivity index (χ1v) is 8.40. The number of aliphatic carboxylic acids is 1. The molecule has 1 aliphatic rings. The van der Waals surface area contributed by atoms with E-state index in [1.165, 1.54) is 4.90 Å². The first-order valence-electron chi connectivity index (χ1n) is 8.40. The Morgan fingerprint density at radius 1 is 1.24 bits per heavy atom. The van der Waals surface area contributed by atoms with Gasteiger partial charge < -0.3 is 14.9 Å². The van der Waals surface area contributed by atoms with Crippen molar-refractivity contribution in [2.75, 3.05) is 13.1 Å². The Hall–Kier alpha value is -2.63. The maximum Gasteiger partial charge on any atom is 0.327 e. The van der Waals surface area contributed by atoms with Crippen LogP contribution in [0.5, 0.6) is 0 Å². The number of para-hydroxylation sites is 1. The fourth-order valence-electron chi connectivity index (χ4n) is 3.46. The van der Waals surface area contributed by atoms with Crippen LogP contribution in [0.4, 0.5) is 4.79 Å². The van der Waals surface area contributed by atoms with Crippen molar-refractivity contribution in [2.24, 2.45) is 5.41 Å². The van der Waals surface area contributed by atoms with Crippen LogP contribution in [-0.2, 0) is 11.3 Å². The molecule has 6 heteroatoms. The van der Waals surface area contributed by atoms with Crippen molar-refractivity contribution >= 4 is 22.9 Å². The average Bonchev–Trinajstić information content (AvgIpc) is 2.87. The molecule has 1 saturated heterocycles. The number of pyridine rings is 1. The van der Waals surface area contributed by atoms with Gasteiger partial charge in [0.2, 0.25) is 0 Å². The molecule has 2 heterocycles. The molecule has 25 heavy (non-hydrogen) atoms. The summed E-state index contributed by atoms with van der Waals surface area (Å²) in [5.74, 6) is -0.961. The van der Waals surface area contributed by atoms with Crippen LogP contribution < -0.4 is 0 Å². The summed E-state index contributed by atoms with van der Waals surface area (Å²) in [5, 5.41) is 10.6. The Balaban J connectivity index is 1.84. The second kappa shape index (κ2) is 6.35. The van der Waals surface area contributed by atoms with Gasteiger partial charge in [0.1, 0.15) is 6.04 Å². The van der Waals surface area contributed by atoms with Gasteiger partial charge in [-0.3, -0.25) is 4.98 Å². The van der Waals surface area contributed by atoms with E-state index in [0.717, 1.165) is 16.5 Å². The molecule has 0 unspecified atom stereocenters. The first kappa shape index (κ1) is 17.2. The van der Waals surface area contributed by atoms with E-state index in [2.05, 4.69) is 4.98 Å². The Morgan fingerprint density at radius 2 is 1.96 bits per heavy atom. The van der Waals surface area contributed by atoms with E-state index in [0.29, 0.717) is 19.6 Å². The summed E-state index contributed by atoms with van der Waals surface area (Å²) in [5.41, 5.74) is 1.38. The third-order valence-electron chi connectivity index (χ3n) is 4.59. The normalized spacial score (nSPS) is 16.5. The predicted octanol–water partition coefficient (Wildman–Crippen LogP) is 2.97. The summed E-state index contributed by atoms with van der Waals surface area (Å²) in [6.45, 7) is 6.94. The number of carboxylic acids is 1. The topological polar surface area (TPSA) is 73.7 Å². The van der Waals surface area contributed by atoms with Crippen molar-refractivity contribution < 1.29 is 14.7 Å². The number of hydrogen-bond acceptors (Lipinski definition) is 3. The molecule has 2 aromatic rings.